The highest BCUT2D eigenvalue weighted by Gasteiger charge is 2.05. The summed E-state index contributed by atoms with van der Waals surface area (Å²) in [4.78, 5) is 4.29. The monoisotopic (exact) mass is 243 g/mol. The Hall–Kier alpha value is -0.680. The molecule has 0 radical (unpaired) electrons. The summed E-state index contributed by atoms with van der Waals surface area (Å²) in [5, 5.41) is 3.40. The highest BCUT2D eigenvalue weighted by Crippen LogP contribution is 1.99. The molecule has 0 aromatic carbocycles. The summed E-state index contributed by atoms with van der Waals surface area (Å²) in [6, 6.07) is 0.380. The van der Waals surface area contributed by atoms with Crippen LogP contribution >= 0.6 is 0 Å². The van der Waals surface area contributed by atoms with Crippen molar-refractivity contribution in [3.8, 4) is 0 Å². The molecular formula is C11H21N3OS. The maximum atomic E-state index is 10.9. The van der Waals surface area contributed by atoms with Crippen LogP contribution in [0.15, 0.2) is 12.4 Å². The topological polar surface area (TPSA) is 46.9 Å². The minimum Gasteiger partial charge on any atom is -0.334 e. The van der Waals surface area contributed by atoms with Gasteiger partial charge in [-0.1, -0.05) is 0 Å². The van der Waals surface area contributed by atoms with Gasteiger partial charge in [-0.25, -0.2) is 4.98 Å². The van der Waals surface area contributed by atoms with Gasteiger partial charge in [0, 0.05) is 47.8 Å². The van der Waals surface area contributed by atoms with E-state index >= 15 is 0 Å². The molecule has 0 saturated heterocycles. The van der Waals surface area contributed by atoms with Gasteiger partial charge in [0.2, 0.25) is 0 Å². The van der Waals surface area contributed by atoms with Crippen LogP contribution in [-0.4, -0.2) is 31.8 Å². The second-order valence-electron chi connectivity index (χ2n) is 3.98. The van der Waals surface area contributed by atoms with E-state index in [-0.39, 0.29) is 0 Å². The van der Waals surface area contributed by atoms with E-state index in [1.807, 2.05) is 12.4 Å². The van der Waals surface area contributed by atoms with Gasteiger partial charge in [-0.3, -0.25) is 4.21 Å². The third kappa shape index (κ3) is 4.45. The largest absolute Gasteiger partial charge is 0.334 e. The molecule has 16 heavy (non-hydrogen) atoms. The summed E-state index contributed by atoms with van der Waals surface area (Å²) < 4.78 is 13.1. The molecule has 1 aromatic rings. The molecule has 0 aliphatic rings. The number of aryl methyl sites for hydroxylation is 1. The Kier molecular flexibility index (Phi) is 5.69. The number of rotatable bonds is 7. The number of hydrogen-bond donors (Lipinski definition) is 1. The number of hydrogen-bond acceptors (Lipinski definition) is 3. The molecule has 5 heteroatoms. The van der Waals surface area contributed by atoms with Crippen molar-refractivity contribution in [1.82, 2.24) is 14.9 Å². The molecule has 0 fully saturated rings. The number of nitrogens with one attached hydrogen (secondary N) is 1. The van der Waals surface area contributed by atoms with Crippen molar-refractivity contribution in [2.24, 2.45) is 0 Å². The van der Waals surface area contributed by atoms with Crippen LogP contribution in [0.2, 0.25) is 0 Å². The lowest BCUT2D eigenvalue weighted by Gasteiger charge is -2.13. The summed E-state index contributed by atoms with van der Waals surface area (Å²) in [7, 11) is -0.693. The lowest BCUT2D eigenvalue weighted by atomic mass is 10.2. The van der Waals surface area contributed by atoms with Gasteiger partial charge in [0.15, 0.2) is 0 Å². The van der Waals surface area contributed by atoms with Gasteiger partial charge in [-0.2, -0.15) is 0 Å². The van der Waals surface area contributed by atoms with Gasteiger partial charge in [-0.05, 0) is 20.3 Å². The highest BCUT2D eigenvalue weighted by atomic mass is 32.2. The molecule has 0 amide bonds. The maximum absolute atomic E-state index is 10.9. The maximum Gasteiger partial charge on any atom is 0.122 e. The molecule has 4 nitrogen and oxygen atoms in total. The summed E-state index contributed by atoms with van der Waals surface area (Å²) >= 11 is 0. The fraction of sp³-hybridized carbons (Fsp3) is 0.727. The van der Waals surface area contributed by atoms with Crippen LogP contribution < -0.4 is 5.32 Å². The van der Waals surface area contributed by atoms with Crippen LogP contribution in [0.4, 0.5) is 0 Å². The van der Waals surface area contributed by atoms with Crippen LogP contribution in [0.5, 0.6) is 0 Å². The second kappa shape index (κ2) is 6.81. The van der Waals surface area contributed by atoms with Crippen LogP contribution in [0, 0.1) is 0 Å². The van der Waals surface area contributed by atoms with Crippen molar-refractivity contribution < 1.29 is 4.21 Å². The lowest BCUT2D eigenvalue weighted by molar-refractivity contribution is 0.511. The SMILES string of the molecule is CCn1ccnc1CNC(C)CCS(C)=O. The van der Waals surface area contributed by atoms with E-state index in [1.165, 1.54) is 0 Å². The van der Waals surface area contributed by atoms with Gasteiger partial charge >= 0.3 is 0 Å². The minimum absolute atomic E-state index is 0.380. The van der Waals surface area contributed by atoms with E-state index in [0.29, 0.717) is 6.04 Å². The standard InChI is InChI=1S/C11H21N3OS/c1-4-14-7-6-12-11(14)9-13-10(2)5-8-16(3)15/h6-7,10,13H,4-5,8-9H2,1-3H3. The Morgan fingerprint density at radius 3 is 3.00 bits per heavy atom. The van der Waals surface area contributed by atoms with Crippen LogP contribution in [-0.2, 0) is 23.9 Å². The van der Waals surface area contributed by atoms with Crippen LogP contribution in [0.25, 0.3) is 0 Å². The van der Waals surface area contributed by atoms with Crippen LogP contribution in [0.1, 0.15) is 26.1 Å². The Balaban J connectivity index is 2.31. The molecule has 0 aliphatic carbocycles. The summed E-state index contributed by atoms with van der Waals surface area (Å²) in [6.45, 7) is 5.95. The Bertz CT molecular complexity index is 338. The normalized spacial score (nSPS) is 14.9. The number of imidazole rings is 1. The van der Waals surface area contributed by atoms with E-state index in [1.54, 1.807) is 6.26 Å². The van der Waals surface area contributed by atoms with Gasteiger partial charge in [-0.15, -0.1) is 0 Å². The average Bonchev–Trinajstić information content (AvgIpc) is 2.70. The van der Waals surface area contributed by atoms with E-state index in [4.69, 9.17) is 0 Å². The van der Waals surface area contributed by atoms with Gasteiger partial charge in [0.05, 0.1) is 6.54 Å². The first-order valence-corrected chi connectivity index (χ1v) is 7.39. The van der Waals surface area contributed by atoms with Crippen molar-refractivity contribution >= 4 is 10.8 Å². The smallest absolute Gasteiger partial charge is 0.122 e. The zero-order valence-electron chi connectivity index (χ0n) is 10.3. The second-order valence-corrected chi connectivity index (χ2v) is 5.53. The lowest BCUT2D eigenvalue weighted by Crippen LogP contribution is -2.28. The molecule has 0 bridgehead atoms. The fourth-order valence-corrected chi connectivity index (χ4v) is 2.19. The molecule has 0 saturated carbocycles. The Labute approximate surface area is 99.9 Å². The summed E-state index contributed by atoms with van der Waals surface area (Å²) in [5.41, 5.74) is 0. The first-order valence-electron chi connectivity index (χ1n) is 5.67. The first kappa shape index (κ1) is 13.4. The zero-order valence-corrected chi connectivity index (χ0v) is 11.1. The highest BCUT2D eigenvalue weighted by molar-refractivity contribution is 7.84. The predicted octanol–water partition coefficient (Wildman–Crippen LogP) is 1.15. The van der Waals surface area contributed by atoms with Crippen molar-refractivity contribution in [3.05, 3.63) is 18.2 Å². The van der Waals surface area contributed by atoms with Crippen molar-refractivity contribution in [1.29, 1.82) is 0 Å². The summed E-state index contributed by atoms with van der Waals surface area (Å²) in [6.07, 6.45) is 6.50. The number of aromatic nitrogens is 2. The molecule has 2 unspecified atom stereocenters. The van der Waals surface area contributed by atoms with Gasteiger partial charge in [0.25, 0.3) is 0 Å². The Morgan fingerprint density at radius 1 is 1.62 bits per heavy atom. The zero-order chi connectivity index (χ0) is 12.0. The molecule has 1 heterocycles. The molecule has 0 spiro atoms. The van der Waals surface area contributed by atoms with Gasteiger partial charge in [0.1, 0.15) is 5.82 Å². The van der Waals surface area contributed by atoms with Crippen molar-refractivity contribution in [2.75, 3.05) is 12.0 Å². The van der Waals surface area contributed by atoms with E-state index in [0.717, 1.165) is 31.1 Å². The minimum atomic E-state index is -0.693. The molecule has 0 aliphatic heterocycles. The van der Waals surface area contributed by atoms with Crippen molar-refractivity contribution in [2.45, 2.75) is 39.4 Å². The molecule has 92 valence electrons. The molecular weight excluding hydrogens is 222 g/mol. The third-order valence-corrected chi connectivity index (χ3v) is 3.40. The van der Waals surface area contributed by atoms with Crippen LogP contribution in [0.3, 0.4) is 0 Å². The average molecular weight is 243 g/mol. The van der Waals surface area contributed by atoms with Gasteiger partial charge < -0.3 is 9.88 Å². The Morgan fingerprint density at radius 2 is 2.38 bits per heavy atom. The third-order valence-electron chi connectivity index (χ3n) is 2.59. The van der Waals surface area contributed by atoms with E-state index in [2.05, 4.69) is 28.7 Å². The fourth-order valence-electron chi connectivity index (χ4n) is 1.51. The first-order chi connectivity index (χ1) is 7.63. The van der Waals surface area contributed by atoms with Crippen molar-refractivity contribution in [3.63, 3.8) is 0 Å². The molecule has 2 atom stereocenters. The molecule has 1 N–H and O–H groups in total. The molecule has 1 rings (SSSR count). The number of nitrogens with zero attached hydrogens (tertiary/aromatic N) is 2. The quantitative estimate of drug-likeness (QED) is 0.781. The predicted molar refractivity (Wildman–Crippen MR) is 67.8 cm³/mol. The van der Waals surface area contributed by atoms with E-state index in [9.17, 15) is 4.21 Å². The summed E-state index contributed by atoms with van der Waals surface area (Å²) in [5.74, 6) is 1.82. The molecule has 1 aromatic heterocycles. The van der Waals surface area contributed by atoms with E-state index < -0.39 is 10.8 Å².